The van der Waals surface area contributed by atoms with Crippen LogP contribution in [0.3, 0.4) is 0 Å². The molecule has 1 aliphatic heterocycles. The molecule has 0 aromatic carbocycles. The Bertz CT molecular complexity index is 171. The summed E-state index contributed by atoms with van der Waals surface area (Å²) in [5.41, 5.74) is 6.04. The van der Waals surface area contributed by atoms with Crippen molar-refractivity contribution in [2.45, 2.75) is 63.7 Å². The molecule has 1 saturated carbocycles. The van der Waals surface area contributed by atoms with E-state index in [1.165, 1.54) is 38.5 Å². The van der Waals surface area contributed by atoms with Crippen LogP contribution in [0.5, 0.6) is 0 Å². The number of hydrogen-bond donors (Lipinski definition) is 1. The molecular weight excluding hydrogens is 162 g/mol. The summed E-state index contributed by atoms with van der Waals surface area (Å²) in [4.78, 5) is 0. The fraction of sp³-hybridized carbons (Fsp3) is 1.00. The van der Waals surface area contributed by atoms with Gasteiger partial charge in [0.1, 0.15) is 0 Å². The molecular formula is C11H21NO. The zero-order valence-electron chi connectivity index (χ0n) is 8.54. The Morgan fingerprint density at radius 3 is 2.62 bits per heavy atom. The monoisotopic (exact) mass is 183 g/mol. The number of ether oxygens (including phenoxy) is 1. The Hall–Kier alpha value is -0.0800. The maximum atomic E-state index is 6.04. The summed E-state index contributed by atoms with van der Waals surface area (Å²) >= 11 is 0. The highest BCUT2D eigenvalue weighted by molar-refractivity contribution is 4.84. The first-order valence-electron chi connectivity index (χ1n) is 5.66. The van der Waals surface area contributed by atoms with Crippen LogP contribution in [0, 0.1) is 5.92 Å². The van der Waals surface area contributed by atoms with Crippen LogP contribution in [0.25, 0.3) is 0 Å². The van der Waals surface area contributed by atoms with Crippen LogP contribution in [0.4, 0.5) is 0 Å². The molecule has 2 nitrogen and oxygen atoms in total. The first-order chi connectivity index (χ1) is 6.25. The first-order valence-corrected chi connectivity index (χ1v) is 5.66. The normalized spacial score (nSPS) is 45.7. The molecule has 2 N–H and O–H groups in total. The quantitative estimate of drug-likeness (QED) is 0.711. The Morgan fingerprint density at radius 1 is 1.23 bits per heavy atom. The van der Waals surface area contributed by atoms with Crippen LogP contribution >= 0.6 is 0 Å². The average Bonchev–Trinajstić information content (AvgIpc) is 2.64. The van der Waals surface area contributed by atoms with Gasteiger partial charge in [0, 0.05) is 6.04 Å². The highest BCUT2D eigenvalue weighted by atomic mass is 16.5. The second kappa shape index (κ2) is 3.97. The summed E-state index contributed by atoms with van der Waals surface area (Å²) in [5, 5.41) is 0. The summed E-state index contributed by atoms with van der Waals surface area (Å²) < 4.78 is 5.82. The molecule has 1 aliphatic carbocycles. The lowest BCUT2D eigenvalue weighted by molar-refractivity contribution is 0.0400. The molecule has 76 valence electrons. The highest BCUT2D eigenvalue weighted by Gasteiger charge is 2.30. The molecule has 0 bridgehead atoms. The van der Waals surface area contributed by atoms with E-state index in [1.54, 1.807) is 0 Å². The van der Waals surface area contributed by atoms with E-state index in [2.05, 4.69) is 6.92 Å². The molecule has 2 aliphatic rings. The van der Waals surface area contributed by atoms with E-state index in [-0.39, 0.29) is 0 Å². The van der Waals surface area contributed by atoms with Gasteiger partial charge in [0.25, 0.3) is 0 Å². The molecule has 1 heterocycles. The summed E-state index contributed by atoms with van der Waals surface area (Å²) in [6, 6.07) is 0.458. The highest BCUT2D eigenvalue weighted by Crippen LogP contribution is 2.32. The Balaban J connectivity index is 1.77. The number of nitrogens with two attached hydrogens (primary N) is 1. The van der Waals surface area contributed by atoms with Crippen molar-refractivity contribution >= 4 is 0 Å². The van der Waals surface area contributed by atoms with E-state index in [9.17, 15) is 0 Å². The topological polar surface area (TPSA) is 35.2 Å². The van der Waals surface area contributed by atoms with Gasteiger partial charge in [-0.2, -0.15) is 0 Å². The SMILES string of the molecule is CC1CCC(CC2CCCC2N)O1. The van der Waals surface area contributed by atoms with Gasteiger partial charge in [-0.1, -0.05) is 6.42 Å². The van der Waals surface area contributed by atoms with Crippen molar-refractivity contribution in [3.05, 3.63) is 0 Å². The van der Waals surface area contributed by atoms with Gasteiger partial charge in [0.05, 0.1) is 12.2 Å². The third kappa shape index (κ3) is 2.23. The standard InChI is InChI=1S/C11H21NO/c1-8-5-6-10(13-8)7-9-3-2-4-11(9)12/h8-11H,2-7,12H2,1H3. The predicted octanol–water partition coefficient (Wildman–Crippen LogP) is 2.07. The van der Waals surface area contributed by atoms with Crippen molar-refractivity contribution in [1.29, 1.82) is 0 Å². The van der Waals surface area contributed by atoms with Crippen LogP contribution in [0.15, 0.2) is 0 Å². The van der Waals surface area contributed by atoms with Gasteiger partial charge in [-0.05, 0) is 44.9 Å². The lowest BCUT2D eigenvalue weighted by Gasteiger charge is -2.19. The van der Waals surface area contributed by atoms with Crippen LogP contribution in [-0.4, -0.2) is 18.2 Å². The molecule has 0 aromatic heterocycles. The summed E-state index contributed by atoms with van der Waals surface area (Å²) in [7, 11) is 0. The molecule has 0 radical (unpaired) electrons. The average molecular weight is 183 g/mol. The zero-order chi connectivity index (χ0) is 9.26. The lowest BCUT2D eigenvalue weighted by atomic mass is 9.95. The number of hydrogen-bond acceptors (Lipinski definition) is 2. The molecule has 4 unspecified atom stereocenters. The van der Waals surface area contributed by atoms with E-state index < -0.39 is 0 Å². The van der Waals surface area contributed by atoms with Crippen LogP contribution in [-0.2, 0) is 4.74 Å². The lowest BCUT2D eigenvalue weighted by Crippen LogP contribution is -2.27. The first kappa shape index (κ1) is 9.47. The van der Waals surface area contributed by atoms with E-state index >= 15 is 0 Å². The largest absolute Gasteiger partial charge is 0.375 e. The molecule has 0 spiro atoms. The van der Waals surface area contributed by atoms with Gasteiger partial charge in [0.15, 0.2) is 0 Å². The van der Waals surface area contributed by atoms with Crippen molar-refractivity contribution < 1.29 is 4.74 Å². The Kier molecular flexibility index (Phi) is 2.89. The van der Waals surface area contributed by atoms with Gasteiger partial charge >= 0.3 is 0 Å². The van der Waals surface area contributed by atoms with Crippen LogP contribution < -0.4 is 5.73 Å². The molecule has 13 heavy (non-hydrogen) atoms. The second-order valence-electron chi connectivity index (χ2n) is 4.74. The minimum atomic E-state index is 0.458. The van der Waals surface area contributed by atoms with E-state index in [0.29, 0.717) is 18.2 Å². The van der Waals surface area contributed by atoms with Crippen molar-refractivity contribution in [1.82, 2.24) is 0 Å². The summed E-state index contributed by atoms with van der Waals surface area (Å²) in [5.74, 6) is 0.746. The second-order valence-corrected chi connectivity index (χ2v) is 4.74. The van der Waals surface area contributed by atoms with Crippen molar-refractivity contribution in [3.63, 3.8) is 0 Å². The van der Waals surface area contributed by atoms with Crippen LogP contribution in [0.1, 0.15) is 45.4 Å². The third-order valence-electron chi connectivity index (χ3n) is 3.60. The minimum absolute atomic E-state index is 0.458. The zero-order valence-corrected chi connectivity index (χ0v) is 8.54. The molecule has 0 aromatic rings. The van der Waals surface area contributed by atoms with E-state index in [0.717, 1.165) is 5.92 Å². The number of rotatable bonds is 2. The van der Waals surface area contributed by atoms with Crippen molar-refractivity contribution in [3.8, 4) is 0 Å². The Morgan fingerprint density at radius 2 is 2.08 bits per heavy atom. The smallest absolute Gasteiger partial charge is 0.0583 e. The van der Waals surface area contributed by atoms with Crippen molar-refractivity contribution in [2.24, 2.45) is 11.7 Å². The van der Waals surface area contributed by atoms with Crippen LogP contribution in [0.2, 0.25) is 0 Å². The summed E-state index contributed by atoms with van der Waals surface area (Å²) in [6.07, 6.45) is 8.60. The summed E-state index contributed by atoms with van der Waals surface area (Å²) in [6.45, 7) is 2.18. The van der Waals surface area contributed by atoms with E-state index in [1.807, 2.05) is 0 Å². The molecule has 2 heteroatoms. The third-order valence-corrected chi connectivity index (χ3v) is 3.60. The molecule has 2 rings (SSSR count). The van der Waals surface area contributed by atoms with Gasteiger partial charge < -0.3 is 10.5 Å². The minimum Gasteiger partial charge on any atom is -0.375 e. The fourth-order valence-corrected chi connectivity index (χ4v) is 2.75. The van der Waals surface area contributed by atoms with Gasteiger partial charge in [-0.3, -0.25) is 0 Å². The van der Waals surface area contributed by atoms with Gasteiger partial charge in [-0.15, -0.1) is 0 Å². The van der Waals surface area contributed by atoms with E-state index in [4.69, 9.17) is 10.5 Å². The molecule has 4 atom stereocenters. The van der Waals surface area contributed by atoms with Gasteiger partial charge in [0.2, 0.25) is 0 Å². The predicted molar refractivity (Wildman–Crippen MR) is 53.5 cm³/mol. The Labute approximate surface area is 80.8 Å². The van der Waals surface area contributed by atoms with Crippen molar-refractivity contribution in [2.75, 3.05) is 0 Å². The molecule has 0 amide bonds. The molecule has 2 fully saturated rings. The molecule has 1 saturated heterocycles. The van der Waals surface area contributed by atoms with Gasteiger partial charge in [-0.25, -0.2) is 0 Å². The fourth-order valence-electron chi connectivity index (χ4n) is 2.75. The maximum Gasteiger partial charge on any atom is 0.0583 e. The maximum absolute atomic E-state index is 6.04.